The van der Waals surface area contributed by atoms with Crippen LogP contribution in [0, 0.1) is 0 Å². The number of amides is 3. The Morgan fingerprint density at radius 3 is 2.57 bits per heavy atom. The smallest absolute Gasteiger partial charge is 0.314 e. The highest BCUT2D eigenvalue weighted by Crippen LogP contribution is 2.19. The number of carbonyl (C=O) groups is 2. The van der Waals surface area contributed by atoms with Crippen LogP contribution in [0.4, 0.5) is 4.79 Å². The van der Waals surface area contributed by atoms with Gasteiger partial charge in [0, 0.05) is 18.7 Å². The predicted octanol–water partition coefficient (Wildman–Crippen LogP) is 2.52. The van der Waals surface area contributed by atoms with Crippen molar-refractivity contribution in [2.45, 2.75) is 38.5 Å². The van der Waals surface area contributed by atoms with Gasteiger partial charge in [-0.25, -0.2) is 4.79 Å². The van der Waals surface area contributed by atoms with Crippen molar-refractivity contribution >= 4 is 11.9 Å². The van der Waals surface area contributed by atoms with Gasteiger partial charge < -0.3 is 16.4 Å². The van der Waals surface area contributed by atoms with Gasteiger partial charge in [0.15, 0.2) is 0 Å². The van der Waals surface area contributed by atoms with Crippen LogP contribution >= 0.6 is 0 Å². The highest BCUT2D eigenvalue weighted by Gasteiger charge is 2.05. The van der Waals surface area contributed by atoms with Crippen molar-refractivity contribution in [2.24, 2.45) is 5.73 Å². The van der Waals surface area contributed by atoms with Gasteiger partial charge in [0.2, 0.25) is 5.91 Å². The summed E-state index contributed by atoms with van der Waals surface area (Å²) in [6.07, 6.45) is 8.80. The molecule has 0 saturated carbocycles. The van der Waals surface area contributed by atoms with Gasteiger partial charge >= 0.3 is 6.03 Å². The normalized spacial score (nSPS) is 14.0. The molecule has 0 unspecified atom stereocenters. The number of nitrogens with one attached hydrogen (secondary N) is 2. The summed E-state index contributed by atoms with van der Waals surface area (Å²) >= 11 is 0. The van der Waals surface area contributed by atoms with E-state index in [1.54, 1.807) is 18.2 Å². The fourth-order valence-electron chi connectivity index (χ4n) is 2.73. The molecule has 0 atom stereocenters. The molecule has 5 nitrogen and oxygen atoms in total. The molecule has 0 bridgehead atoms. The Labute approximate surface area is 137 Å². The Hall–Kier alpha value is -2.30. The lowest BCUT2D eigenvalue weighted by Crippen LogP contribution is -2.37. The number of benzene rings is 1. The molecular weight excluding hydrogens is 290 g/mol. The summed E-state index contributed by atoms with van der Waals surface area (Å²) in [5, 5.41) is 5.71. The standard InChI is InChI=1S/C18H25N3O2/c19-17(22)16-8-4-7-15(13-16)10-12-21-18(23)20-11-9-14-5-2-1-3-6-14/h4-5,7-8,13H,1-3,6,9-12H2,(H2,19,22)(H2,20,21,23). The summed E-state index contributed by atoms with van der Waals surface area (Å²) in [4.78, 5) is 22.9. The second-order valence-electron chi connectivity index (χ2n) is 5.86. The maximum absolute atomic E-state index is 11.7. The Balaban J connectivity index is 1.63. The molecule has 23 heavy (non-hydrogen) atoms. The Kier molecular flexibility index (Phi) is 6.66. The van der Waals surface area contributed by atoms with Gasteiger partial charge in [0.1, 0.15) is 0 Å². The quantitative estimate of drug-likeness (QED) is 0.675. The zero-order chi connectivity index (χ0) is 16.5. The first kappa shape index (κ1) is 17.1. The molecule has 2 rings (SSSR count). The van der Waals surface area contributed by atoms with Crippen LogP contribution in [0.2, 0.25) is 0 Å². The zero-order valence-electron chi connectivity index (χ0n) is 13.4. The molecule has 1 aliphatic carbocycles. The maximum Gasteiger partial charge on any atom is 0.314 e. The van der Waals surface area contributed by atoms with Crippen LogP contribution in [0.3, 0.4) is 0 Å². The lowest BCUT2D eigenvalue weighted by atomic mass is 9.97. The van der Waals surface area contributed by atoms with Crippen molar-refractivity contribution < 1.29 is 9.59 Å². The van der Waals surface area contributed by atoms with Crippen molar-refractivity contribution in [3.63, 3.8) is 0 Å². The average molecular weight is 315 g/mol. The molecule has 0 aromatic heterocycles. The van der Waals surface area contributed by atoms with Gasteiger partial charge in [-0.2, -0.15) is 0 Å². The van der Waals surface area contributed by atoms with Crippen LogP contribution in [-0.4, -0.2) is 25.0 Å². The SMILES string of the molecule is NC(=O)c1cccc(CCNC(=O)NCCC2=CCCCC2)c1. The van der Waals surface area contributed by atoms with Crippen LogP contribution < -0.4 is 16.4 Å². The molecule has 1 aromatic rings. The van der Waals surface area contributed by atoms with E-state index in [4.69, 9.17) is 5.73 Å². The number of rotatable bonds is 7. The zero-order valence-corrected chi connectivity index (χ0v) is 13.4. The summed E-state index contributed by atoms with van der Waals surface area (Å²) < 4.78 is 0. The largest absolute Gasteiger partial charge is 0.366 e. The first-order valence-corrected chi connectivity index (χ1v) is 8.23. The summed E-state index contributed by atoms with van der Waals surface area (Å²) in [6.45, 7) is 1.20. The van der Waals surface area contributed by atoms with E-state index in [1.165, 1.54) is 31.3 Å². The van der Waals surface area contributed by atoms with E-state index in [1.807, 2.05) is 6.07 Å². The summed E-state index contributed by atoms with van der Waals surface area (Å²) in [7, 11) is 0. The lowest BCUT2D eigenvalue weighted by Gasteiger charge is -2.13. The molecule has 0 aliphatic heterocycles. The van der Waals surface area contributed by atoms with Crippen molar-refractivity contribution in [3.05, 3.63) is 47.0 Å². The number of urea groups is 1. The van der Waals surface area contributed by atoms with Crippen LogP contribution in [0.1, 0.15) is 48.0 Å². The van der Waals surface area contributed by atoms with Gasteiger partial charge in [0.25, 0.3) is 0 Å². The van der Waals surface area contributed by atoms with Gasteiger partial charge in [-0.3, -0.25) is 4.79 Å². The molecule has 1 aromatic carbocycles. The summed E-state index contributed by atoms with van der Waals surface area (Å²) in [5.41, 5.74) is 8.18. The molecule has 4 N–H and O–H groups in total. The third-order valence-electron chi connectivity index (χ3n) is 4.03. The van der Waals surface area contributed by atoms with E-state index in [0.717, 1.165) is 12.0 Å². The van der Waals surface area contributed by atoms with Gasteiger partial charge in [-0.15, -0.1) is 0 Å². The van der Waals surface area contributed by atoms with Crippen molar-refractivity contribution in [2.75, 3.05) is 13.1 Å². The Morgan fingerprint density at radius 1 is 1.09 bits per heavy atom. The fraction of sp³-hybridized carbons (Fsp3) is 0.444. The second-order valence-corrected chi connectivity index (χ2v) is 5.86. The topological polar surface area (TPSA) is 84.2 Å². The van der Waals surface area contributed by atoms with E-state index in [9.17, 15) is 9.59 Å². The van der Waals surface area contributed by atoms with E-state index in [-0.39, 0.29) is 6.03 Å². The molecule has 0 radical (unpaired) electrons. The number of carbonyl (C=O) groups excluding carboxylic acids is 2. The average Bonchev–Trinajstić information content (AvgIpc) is 2.56. The number of hydrogen-bond acceptors (Lipinski definition) is 2. The molecule has 3 amide bonds. The molecule has 124 valence electrons. The molecular formula is C18H25N3O2. The highest BCUT2D eigenvalue weighted by atomic mass is 16.2. The second kappa shape index (κ2) is 8.98. The number of allylic oxidation sites excluding steroid dienone is 1. The van der Waals surface area contributed by atoms with E-state index in [2.05, 4.69) is 16.7 Å². The summed E-state index contributed by atoms with van der Waals surface area (Å²) in [6, 6.07) is 7.02. The Bertz CT molecular complexity index is 581. The minimum atomic E-state index is -0.436. The van der Waals surface area contributed by atoms with Gasteiger partial charge in [0.05, 0.1) is 0 Å². The van der Waals surface area contributed by atoms with Crippen molar-refractivity contribution in [1.29, 1.82) is 0 Å². The lowest BCUT2D eigenvalue weighted by molar-refractivity contribution is 0.1000. The van der Waals surface area contributed by atoms with Crippen molar-refractivity contribution in [3.8, 4) is 0 Å². The monoisotopic (exact) mass is 315 g/mol. The minimum Gasteiger partial charge on any atom is -0.366 e. The maximum atomic E-state index is 11.7. The number of nitrogens with two attached hydrogens (primary N) is 1. The Morgan fingerprint density at radius 2 is 1.87 bits per heavy atom. The van der Waals surface area contributed by atoms with E-state index >= 15 is 0 Å². The minimum absolute atomic E-state index is 0.146. The molecule has 0 heterocycles. The van der Waals surface area contributed by atoms with Crippen LogP contribution in [0.25, 0.3) is 0 Å². The predicted molar refractivity (Wildman–Crippen MR) is 91.2 cm³/mol. The molecule has 1 aliphatic rings. The first-order chi connectivity index (χ1) is 11.1. The van der Waals surface area contributed by atoms with Crippen LogP contribution in [0.15, 0.2) is 35.9 Å². The number of hydrogen-bond donors (Lipinski definition) is 3. The number of primary amides is 1. The molecule has 0 fully saturated rings. The van der Waals surface area contributed by atoms with Crippen LogP contribution in [-0.2, 0) is 6.42 Å². The van der Waals surface area contributed by atoms with Gasteiger partial charge in [-0.05, 0) is 56.2 Å². The van der Waals surface area contributed by atoms with Gasteiger partial charge in [-0.1, -0.05) is 23.8 Å². The summed E-state index contributed by atoms with van der Waals surface area (Å²) in [5.74, 6) is -0.436. The first-order valence-electron chi connectivity index (χ1n) is 8.23. The van der Waals surface area contributed by atoms with Crippen LogP contribution in [0.5, 0.6) is 0 Å². The van der Waals surface area contributed by atoms with Crippen molar-refractivity contribution in [1.82, 2.24) is 10.6 Å². The molecule has 0 saturated heterocycles. The molecule has 0 spiro atoms. The fourth-order valence-corrected chi connectivity index (χ4v) is 2.73. The van der Waals surface area contributed by atoms with E-state index in [0.29, 0.717) is 25.1 Å². The highest BCUT2D eigenvalue weighted by molar-refractivity contribution is 5.92. The third kappa shape index (κ3) is 6.14. The van der Waals surface area contributed by atoms with E-state index < -0.39 is 5.91 Å². The third-order valence-corrected chi connectivity index (χ3v) is 4.03. The molecule has 5 heteroatoms.